The second-order valence-electron chi connectivity index (χ2n) is 6.17. The molecule has 1 aliphatic rings. The first-order chi connectivity index (χ1) is 11.2. The smallest absolute Gasteiger partial charge is 0.142 e. The molecule has 0 spiro atoms. The monoisotopic (exact) mass is 334 g/mol. The Labute approximate surface area is 141 Å². The molecular weight excluding hydrogens is 311 g/mol. The molecule has 0 amide bonds. The highest BCUT2D eigenvalue weighted by Crippen LogP contribution is 2.22. The fraction of sp³-hybridized carbons (Fsp3) is 0.529. The van der Waals surface area contributed by atoms with Crippen LogP contribution in [0, 0.1) is 0 Å². The van der Waals surface area contributed by atoms with E-state index in [2.05, 4.69) is 44.3 Å². The topological polar surface area (TPSA) is 32.3 Å². The average Bonchev–Trinajstić information content (AvgIpc) is 3.17. The van der Waals surface area contributed by atoms with Gasteiger partial charge < -0.3 is 4.90 Å². The van der Waals surface area contributed by atoms with E-state index in [1.165, 1.54) is 4.88 Å². The zero-order valence-corrected chi connectivity index (χ0v) is 14.3. The van der Waals surface area contributed by atoms with Gasteiger partial charge >= 0.3 is 0 Å². The highest BCUT2D eigenvalue weighted by molar-refractivity contribution is 7.09. The van der Waals surface area contributed by atoms with E-state index in [1.54, 1.807) is 29.8 Å². The Balaban J connectivity index is 1.52. The molecule has 6 heteroatoms. The van der Waals surface area contributed by atoms with Crippen LogP contribution in [0.15, 0.2) is 36.0 Å². The number of thiophene rings is 1. The zero-order valence-electron chi connectivity index (χ0n) is 13.4. The Bertz CT molecular complexity index is 578. The van der Waals surface area contributed by atoms with Crippen LogP contribution >= 0.6 is 11.3 Å². The molecule has 0 saturated carbocycles. The van der Waals surface area contributed by atoms with Gasteiger partial charge in [-0.05, 0) is 37.4 Å². The van der Waals surface area contributed by atoms with Crippen LogP contribution in [-0.4, -0.2) is 58.7 Å². The average molecular weight is 334 g/mol. The van der Waals surface area contributed by atoms with Crippen molar-refractivity contribution in [2.24, 2.45) is 0 Å². The lowest BCUT2D eigenvalue weighted by Gasteiger charge is -2.27. The van der Waals surface area contributed by atoms with E-state index in [0.717, 1.165) is 25.3 Å². The van der Waals surface area contributed by atoms with Gasteiger partial charge in [-0.15, -0.1) is 11.3 Å². The molecule has 2 atom stereocenters. The Morgan fingerprint density at radius 3 is 2.91 bits per heavy atom. The van der Waals surface area contributed by atoms with Crippen molar-refractivity contribution in [2.75, 3.05) is 26.7 Å². The molecule has 0 radical (unpaired) electrons. The Morgan fingerprint density at radius 2 is 2.17 bits per heavy atom. The van der Waals surface area contributed by atoms with E-state index >= 15 is 0 Å². The summed E-state index contributed by atoms with van der Waals surface area (Å²) in [7, 11) is 2.12. The molecule has 23 heavy (non-hydrogen) atoms. The van der Waals surface area contributed by atoms with Crippen LogP contribution < -0.4 is 0 Å². The molecule has 1 aliphatic heterocycles. The molecule has 0 aromatic carbocycles. The molecule has 124 valence electrons. The van der Waals surface area contributed by atoms with Crippen LogP contribution in [0.5, 0.6) is 0 Å². The molecule has 0 bridgehead atoms. The highest BCUT2D eigenvalue weighted by atomic mass is 32.1. The Morgan fingerprint density at radius 1 is 1.35 bits per heavy atom. The number of likely N-dealkylation sites (N-methyl/N-ethyl adjacent to an activating group) is 1. The van der Waals surface area contributed by atoms with Crippen LogP contribution in [0.2, 0.25) is 0 Å². The molecule has 0 aliphatic carbocycles. The number of nitrogens with zero attached hydrogens (tertiary/aromatic N) is 4. The van der Waals surface area contributed by atoms with Gasteiger partial charge in [0.2, 0.25) is 0 Å². The maximum absolute atomic E-state index is 13.9. The summed E-state index contributed by atoms with van der Waals surface area (Å²) in [6.45, 7) is 3.01. The van der Waals surface area contributed by atoms with Crippen molar-refractivity contribution in [1.29, 1.82) is 0 Å². The molecule has 0 unspecified atom stereocenters. The van der Waals surface area contributed by atoms with Crippen LogP contribution in [0.1, 0.15) is 17.1 Å². The number of hydrogen-bond donors (Lipinski definition) is 0. The normalized spacial score (nSPS) is 22.0. The summed E-state index contributed by atoms with van der Waals surface area (Å²) in [5.74, 6) is 0.771. The minimum absolute atomic E-state index is 0.238. The van der Waals surface area contributed by atoms with Crippen molar-refractivity contribution in [3.05, 3.63) is 46.7 Å². The SMILES string of the molecule is CN(CCc1cccs1)C[C@@H]1C[C@H](F)CN1Cc1ncccn1. The summed E-state index contributed by atoms with van der Waals surface area (Å²) in [5.41, 5.74) is 0. The number of halogens is 1. The van der Waals surface area contributed by atoms with Gasteiger partial charge in [0.05, 0.1) is 6.54 Å². The molecule has 1 fully saturated rings. The molecular formula is C17H23FN4S. The summed E-state index contributed by atoms with van der Waals surface area (Å²) in [5, 5.41) is 2.11. The van der Waals surface area contributed by atoms with Crippen molar-refractivity contribution >= 4 is 11.3 Å². The largest absolute Gasteiger partial charge is 0.304 e. The lowest BCUT2D eigenvalue weighted by Crippen LogP contribution is -2.39. The van der Waals surface area contributed by atoms with Crippen molar-refractivity contribution in [2.45, 2.75) is 31.6 Å². The van der Waals surface area contributed by atoms with Crippen LogP contribution in [-0.2, 0) is 13.0 Å². The quantitative estimate of drug-likeness (QED) is 0.779. The molecule has 2 aromatic heterocycles. The van der Waals surface area contributed by atoms with Crippen molar-refractivity contribution in [1.82, 2.24) is 19.8 Å². The first-order valence-corrected chi connectivity index (χ1v) is 8.93. The third kappa shape index (κ3) is 4.80. The van der Waals surface area contributed by atoms with Gasteiger partial charge in [0.15, 0.2) is 0 Å². The van der Waals surface area contributed by atoms with Crippen LogP contribution in [0.3, 0.4) is 0 Å². The first-order valence-electron chi connectivity index (χ1n) is 8.05. The third-order valence-electron chi connectivity index (χ3n) is 4.28. The third-order valence-corrected chi connectivity index (χ3v) is 5.22. The Hall–Kier alpha value is -1.37. The fourth-order valence-electron chi connectivity index (χ4n) is 3.11. The van der Waals surface area contributed by atoms with Crippen molar-refractivity contribution in [3.63, 3.8) is 0 Å². The van der Waals surface area contributed by atoms with Gasteiger partial charge in [0.25, 0.3) is 0 Å². The van der Waals surface area contributed by atoms with Crippen molar-refractivity contribution in [3.8, 4) is 0 Å². The summed E-state index contributed by atoms with van der Waals surface area (Å²) >= 11 is 1.80. The Kier molecular flexibility index (Phi) is 5.70. The standard InChI is InChI=1S/C17H23FN4S/c1-21(8-5-16-4-2-9-23-16)12-15-10-14(18)11-22(15)13-17-19-6-3-7-20-17/h2-4,6-7,9,14-15H,5,8,10-13H2,1H3/t14-,15-/m0/s1. The van der Waals surface area contributed by atoms with E-state index in [9.17, 15) is 4.39 Å². The number of alkyl halides is 1. The fourth-order valence-corrected chi connectivity index (χ4v) is 3.80. The number of rotatable bonds is 7. The summed E-state index contributed by atoms with van der Waals surface area (Å²) in [4.78, 5) is 14.4. The van der Waals surface area contributed by atoms with Crippen LogP contribution in [0.4, 0.5) is 4.39 Å². The highest BCUT2D eigenvalue weighted by Gasteiger charge is 2.33. The maximum Gasteiger partial charge on any atom is 0.142 e. The van der Waals surface area contributed by atoms with Crippen LogP contribution in [0.25, 0.3) is 0 Å². The van der Waals surface area contributed by atoms with E-state index < -0.39 is 6.17 Å². The minimum Gasteiger partial charge on any atom is -0.304 e. The molecule has 3 rings (SSSR count). The molecule has 3 heterocycles. The number of aromatic nitrogens is 2. The first kappa shape index (κ1) is 16.5. The van der Waals surface area contributed by atoms with Gasteiger partial charge in [-0.25, -0.2) is 14.4 Å². The maximum atomic E-state index is 13.9. The second-order valence-corrected chi connectivity index (χ2v) is 7.21. The van der Waals surface area contributed by atoms with E-state index in [4.69, 9.17) is 0 Å². The minimum atomic E-state index is -0.741. The van der Waals surface area contributed by atoms with Gasteiger partial charge in [-0.3, -0.25) is 4.90 Å². The molecule has 1 saturated heterocycles. The molecule has 0 N–H and O–H groups in total. The molecule has 4 nitrogen and oxygen atoms in total. The lowest BCUT2D eigenvalue weighted by molar-refractivity contribution is 0.181. The molecule has 2 aromatic rings. The van der Waals surface area contributed by atoms with Gasteiger partial charge in [-0.2, -0.15) is 0 Å². The predicted octanol–water partition coefficient (Wildman–Crippen LogP) is 2.63. The number of likely N-dealkylation sites (tertiary alicyclic amines) is 1. The summed E-state index contributed by atoms with van der Waals surface area (Å²) < 4.78 is 13.9. The van der Waals surface area contributed by atoms with Gasteiger partial charge in [0, 0.05) is 42.9 Å². The second kappa shape index (κ2) is 7.95. The summed E-state index contributed by atoms with van der Waals surface area (Å²) in [6.07, 6.45) is 4.41. The predicted molar refractivity (Wildman–Crippen MR) is 91.3 cm³/mol. The lowest BCUT2D eigenvalue weighted by atomic mass is 10.2. The van der Waals surface area contributed by atoms with Gasteiger partial charge in [-0.1, -0.05) is 6.07 Å². The van der Waals surface area contributed by atoms with Crippen molar-refractivity contribution < 1.29 is 4.39 Å². The number of hydrogen-bond acceptors (Lipinski definition) is 5. The zero-order chi connectivity index (χ0) is 16.1. The van der Waals surface area contributed by atoms with Gasteiger partial charge in [0.1, 0.15) is 12.0 Å². The van der Waals surface area contributed by atoms with E-state index in [1.807, 2.05) is 0 Å². The van der Waals surface area contributed by atoms with E-state index in [0.29, 0.717) is 19.5 Å². The van der Waals surface area contributed by atoms with E-state index in [-0.39, 0.29) is 6.04 Å². The summed E-state index contributed by atoms with van der Waals surface area (Å²) in [6, 6.07) is 6.31.